The highest BCUT2D eigenvalue weighted by atomic mass is 79.9. The lowest BCUT2D eigenvalue weighted by atomic mass is 10.0. The molecule has 1 saturated heterocycles. The Morgan fingerprint density at radius 3 is 2.78 bits per heavy atom. The average molecular weight is 314 g/mol. The fourth-order valence-electron chi connectivity index (χ4n) is 2.54. The van der Waals surface area contributed by atoms with Crippen LogP contribution in [0, 0.1) is 0 Å². The molecule has 0 aromatic heterocycles. The molecule has 18 heavy (non-hydrogen) atoms. The zero-order valence-corrected chi connectivity index (χ0v) is 12.7. The van der Waals surface area contributed by atoms with Crippen molar-refractivity contribution in [1.29, 1.82) is 0 Å². The van der Waals surface area contributed by atoms with Crippen LogP contribution in [0.5, 0.6) is 0 Å². The number of morpholine rings is 1. The van der Waals surface area contributed by atoms with Gasteiger partial charge in [0.1, 0.15) is 0 Å². The number of benzene rings is 1. The van der Waals surface area contributed by atoms with Crippen molar-refractivity contribution in [3.8, 4) is 0 Å². The van der Waals surface area contributed by atoms with Crippen molar-refractivity contribution in [2.75, 3.05) is 18.0 Å². The summed E-state index contributed by atoms with van der Waals surface area (Å²) < 4.78 is 6.94. The Morgan fingerprint density at radius 1 is 1.50 bits per heavy atom. The summed E-state index contributed by atoms with van der Waals surface area (Å²) in [5.41, 5.74) is 1.95. The van der Waals surface area contributed by atoms with Gasteiger partial charge >= 0.3 is 0 Å². The third kappa shape index (κ3) is 3.05. The molecule has 1 atom stereocenters. The molecule has 1 fully saturated rings. The summed E-state index contributed by atoms with van der Waals surface area (Å²) in [7, 11) is 0. The van der Waals surface area contributed by atoms with Crippen molar-refractivity contribution in [1.82, 2.24) is 0 Å². The van der Waals surface area contributed by atoms with Gasteiger partial charge in [-0.15, -0.1) is 0 Å². The lowest BCUT2D eigenvalue weighted by Gasteiger charge is -2.43. The van der Waals surface area contributed by atoms with Crippen LogP contribution in [0.1, 0.15) is 26.3 Å². The van der Waals surface area contributed by atoms with Crippen molar-refractivity contribution in [3.05, 3.63) is 28.2 Å². The van der Waals surface area contributed by atoms with Crippen molar-refractivity contribution in [2.24, 2.45) is 0 Å². The van der Waals surface area contributed by atoms with Gasteiger partial charge in [0.25, 0.3) is 0 Å². The van der Waals surface area contributed by atoms with Crippen LogP contribution in [0.3, 0.4) is 0 Å². The predicted octanol–water partition coefficient (Wildman–Crippen LogP) is 2.95. The minimum absolute atomic E-state index is 0.0733. The van der Waals surface area contributed by atoms with Crippen molar-refractivity contribution in [3.63, 3.8) is 0 Å². The molecule has 4 heteroatoms. The smallest absolute Gasteiger partial charge is 0.0805 e. The van der Waals surface area contributed by atoms with Gasteiger partial charge in [0.2, 0.25) is 0 Å². The molecule has 1 heterocycles. The lowest BCUT2D eigenvalue weighted by molar-refractivity contribution is -0.0750. The summed E-state index contributed by atoms with van der Waals surface area (Å²) >= 11 is 3.59. The van der Waals surface area contributed by atoms with E-state index in [1.807, 2.05) is 12.1 Å². The maximum atomic E-state index is 9.13. The van der Waals surface area contributed by atoms with E-state index in [2.05, 4.69) is 47.7 Å². The molecule has 1 unspecified atom stereocenters. The van der Waals surface area contributed by atoms with Gasteiger partial charge in [0, 0.05) is 17.6 Å². The van der Waals surface area contributed by atoms with Crippen molar-refractivity contribution < 1.29 is 9.84 Å². The van der Waals surface area contributed by atoms with Crippen LogP contribution >= 0.6 is 15.9 Å². The average Bonchev–Trinajstić information content (AvgIpc) is 2.25. The van der Waals surface area contributed by atoms with Crippen LogP contribution in [-0.4, -0.2) is 29.9 Å². The zero-order chi connectivity index (χ0) is 13.3. The van der Waals surface area contributed by atoms with Crippen LogP contribution in [0.2, 0.25) is 0 Å². The molecule has 1 aliphatic rings. The monoisotopic (exact) mass is 313 g/mol. The van der Waals surface area contributed by atoms with Gasteiger partial charge in [-0.2, -0.15) is 0 Å². The Bertz CT molecular complexity index is 434. The highest BCUT2D eigenvalue weighted by molar-refractivity contribution is 9.10. The van der Waals surface area contributed by atoms with E-state index in [-0.39, 0.29) is 18.3 Å². The van der Waals surface area contributed by atoms with E-state index in [0.717, 1.165) is 28.8 Å². The number of aliphatic hydroxyl groups excluding tert-OH is 1. The van der Waals surface area contributed by atoms with Gasteiger partial charge in [-0.25, -0.2) is 0 Å². The quantitative estimate of drug-likeness (QED) is 0.911. The third-order valence-electron chi connectivity index (χ3n) is 3.10. The number of hydrogen-bond donors (Lipinski definition) is 1. The number of anilines is 1. The molecule has 0 spiro atoms. The number of halogens is 1. The topological polar surface area (TPSA) is 32.7 Å². The molecule has 2 rings (SSSR count). The van der Waals surface area contributed by atoms with E-state index in [0.29, 0.717) is 0 Å². The highest BCUT2D eigenvalue weighted by Gasteiger charge is 2.31. The molecule has 3 nitrogen and oxygen atoms in total. The molecule has 1 aliphatic heterocycles. The zero-order valence-electron chi connectivity index (χ0n) is 11.1. The molecule has 0 radical (unpaired) electrons. The first kappa shape index (κ1) is 13.8. The first-order valence-electron chi connectivity index (χ1n) is 6.23. The van der Waals surface area contributed by atoms with E-state index in [1.54, 1.807) is 0 Å². The first-order chi connectivity index (χ1) is 8.41. The number of nitrogens with zero attached hydrogens (tertiary/aromatic N) is 1. The summed E-state index contributed by atoms with van der Waals surface area (Å²) in [5.74, 6) is 0. The minimum atomic E-state index is -0.132. The Hall–Kier alpha value is -0.580. The second-order valence-corrected chi connectivity index (χ2v) is 6.37. The second-order valence-electron chi connectivity index (χ2n) is 5.51. The summed E-state index contributed by atoms with van der Waals surface area (Å²) in [5, 5.41) is 9.13. The molecule has 1 aromatic rings. The van der Waals surface area contributed by atoms with E-state index >= 15 is 0 Å². The summed E-state index contributed by atoms with van der Waals surface area (Å²) in [6, 6.07) is 6.00. The Labute approximate surface area is 117 Å². The molecular weight excluding hydrogens is 294 g/mol. The molecule has 1 N–H and O–H groups in total. The summed E-state index contributed by atoms with van der Waals surface area (Å²) in [6.07, 6.45) is 0.221. The largest absolute Gasteiger partial charge is 0.392 e. The molecule has 1 aromatic carbocycles. The molecule has 0 amide bonds. The van der Waals surface area contributed by atoms with Crippen molar-refractivity contribution >= 4 is 21.6 Å². The highest BCUT2D eigenvalue weighted by Crippen LogP contribution is 2.32. The maximum absolute atomic E-state index is 9.13. The van der Waals surface area contributed by atoms with Crippen molar-refractivity contribution in [2.45, 2.75) is 39.1 Å². The van der Waals surface area contributed by atoms with Gasteiger partial charge in [-0.3, -0.25) is 0 Å². The van der Waals surface area contributed by atoms with E-state index in [9.17, 15) is 0 Å². The molecular formula is C14H20BrNO2. The second kappa shape index (κ2) is 5.19. The van der Waals surface area contributed by atoms with Gasteiger partial charge in [0.15, 0.2) is 0 Å². The number of ether oxygens (including phenoxy) is 1. The van der Waals surface area contributed by atoms with Crippen LogP contribution in [-0.2, 0) is 11.3 Å². The maximum Gasteiger partial charge on any atom is 0.0805 e. The summed E-state index contributed by atoms with van der Waals surface area (Å²) in [4.78, 5) is 2.33. The Morgan fingerprint density at radius 2 is 2.22 bits per heavy atom. The van der Waals surface area contributed by atoms with Crippen LogP contribution in [0.15, 0.2) is 22.7 Å². The summed E-state index contributed by atoms with van der Waals surface area (Å²) in [6.45, 7) is 8.17. The van der Waals surface area contributed by atoms with Gasteiger partial charge in [-0.1, -0.05) is 6.07 Å². The van der Waals surface area contributed by atoms with Crippen LogP contribution < -0.4 is 4.90 Å². The third-order valence-corrected chi connectivity index (χ3v) is 3.74. The Kier molecular flexibility index (Phi) is 3.99. The molecule has 100 valence electrons. The first-order valence-corrected chi connectivity index (χ1v) is 7.02. The van der Waals surface area contributed by atoms with Gasteiger partial charge < -0.3 is 14.7 Å². The normalized spacial score (nSPS) is 23.2. The van der Waals surface area contributed by atoms with E-state index in [1.165, 1.54) is 0 Å². The number of rotatable bonds is 2. The van der Waals surface area contributed by atoms with Gasteiger partial charge in [-0.05, 0) is 54.4 Å². The lowest BCUT2D eigenvalue weighted by Crippen LogP contribution is -2.52. The molecule has 0 bridgehead atoms. The number of aliphatic hydroxyl groups is 1. The van der Waals surface area contributed by atoms with E-state index in [4.69, 9.17) is 9.84 Å². The predicted molar refractivity (Wildman–Crippen MR) is 76.9 cm³/mol. The van der Waals surface area contributed by atoms with E-state index < -0.39 is 0 Å². The number of hydrogen-bond acceptors (Lipinski definition) is 3. The van der Waals surface area contributed by atoms with Crippen LogP contribution in [0.25, 0.3) is 0 Å². The molecule has 0 aliphatic carbocycles. The minimum Gasteiger partial charge on any atom is -0.392 e. The van der Waals surface area contributed by atoms with Crippen LogP contribution in [0.4, 0.5) is 5.69 Å². The Balaban J connectivity index is 2.25. The molecule has 0 saturated carbocycles. The van der Waals surface area contributed by atoms with Gasteiger partial charge in [0.05, 0.1) is 24.0 Å². The fraction of sp³-hybridized carbons (Fsp3) is 0.571. The SMILES string of the molecule is CC1CN(c2ccc(CO)cc2Br)CC(C)(C)O1. The fourth-order valence-corrected chi connectivity index (χ4v) is 3.22. The standard InChI is InChI=1S/C14H20BrNO2/c1-10-7-16(9-14(2,3)18-10)13-5-4-11(8-17)6-12(13)15/h4-6,10,17H,7-9H2,1-3H3.